The highest BCUT2D eigenvalue weighted by Crippen LogP contribution is 2.37. The van der Waals surface area contributed by atoms with Crippen LogP contribution >= 0.6 is 0 Å². The molecule has 4 rings (SSSR count). The third kappa shape index (κ3) is 5.93. The van der Waals surface area contributed by atoms with Gasteiger partial charge >= 0.3 is 0 Å². The molecule has 0 spiro atoms. The first-order chi connectivity index (χ1) is 16.4. The SMILES string of the molecule is COc1cccc(C2CN(Cc3ccc(N(C)C)cc3)CC2CN(C(C)=O)C2CCCCC2)c1. The monoisotopic (exact) mass is 463 g/mol. The van der Waals surface area contributed by atoms with Crippen LogP contribution in [0.1, 0.15) is 56.1 Å². The Hall–Kier alpha value is -2.53. The lowest BCUT2D eigenvalue weighted by atomic mass is 9.87. The maximum absolute atomic E-state index is 12.7. The van der Waals surface area contributed by atoms with E-state index in [9.17, 15) is 4.79 Å². The Morgan fingerprint density at radius 1 is 1.03 bits per heavy atom. The third-order valence-electron chi connectivity index (χ3n) is 7.75. The Balaban J connectivity index is 1.54. The smallest absolute Gasteiger partial charge is 0.219 e. The van der Waals surface area contributed by atoms with Gasteiger partial charge in [-0.15, -0.1) is 0 Å². The largest absolute Gasteiger partial charge is 0.497 e. The van der Waals surface area contributed by atoms with E-state index in [-0.39, 0.29) is 5.91 Å². The number of anilines is 1. The Morgan fingerprint density at radius 2 is 1.76 bits per heavy atom. The van der Waals surface area contributed by atoms with E-state index in [1.165, 1.54) is 36.1 Å². The summed E-state index contributed by atoms with van der Waals surface area (Å²) in [6.45, 7) is 5.55. The summed E-state index contributed by atoms with van der Waals surface area (Å²) in [7, 11) is 5.88. The molecule has 184 valence electrons. The van der Waals surface area contributed by atoms with Gasteiger partial charge in [0, 0.05) is 64.8 Å². The fourth-order valence-electron chi connectivity index (χ4n) is 5.86. The molecule has 2 aliphatic rings. The molecular formula is C29H41N3O2. The maximum atomic E-state index is 12.7. The number of hydrogen-bond donors (Lipinski definition) is 0. The van der Waals surface area contributed by atoms with E-state index < -0.39 is 0 Å². The van der Waals surface area contributed by atoms with Crippen LogP contribution in [-0.2, 0) is 11.3 Å². The summed E-state index contributed by atoms with van der Waals surface area (Å²) in [6.07, 6.45) is 6.09. The zero-order valence-electron chi connectivity index (χ0n) is 21.4. The lowest BCUT2D eigenvalue weighted by molar-refractivity contribution is -0.132. The molecule has 5 nitrogen and oxygen atoms in total. The third-order valence-corrected chi connectivity index (χ3v) is 7.75. The van der Waals surface area contributed by atoms with Crippen molar-refractivity contribution in [3.63, 3.8) is 0 Å². The van der Waals surface area contributed by atoms with Gasteiger partial charge in [-0.2, -0.15) is 0 Å². The minimum absolute atomic E-state index is 0.231. The van der Waals surface area contributed by atoms with Crippen LogP contribution in [0, 0.1) is 5.92 Å². The Kier molecular flexibility index (Phi) is 8.15. The predicted octanol–water partition coefficient (Wildman–Crippen LogP) is 5.16. The van der Waals surface area contributed by atoms with Crippen molar-refractivity contribution in [3.05, 3.63) is 59.7 Å². The molecule has 1 aliphatic carbocycles. The second kappa shape index (κ2) is 11.3. The van der Waals surface area contributed by atoms with Gasteiger partial charge in [-0.3, -0.25) is 9.69 Å². The normalized spacial score (nSPS) is 21.4. The molecule has 5 heteroatoms. The van der Waals surface area contributed by atoms with E-state index in [4.69, 9.17) is 4.74 Å². The van der Waals surface area contributed by atoms with Crippen molar-refractivity contribution in [2.45, 2.75) is 57.5 Å². The van der Waals surface area contributed by atoms with Crippen molar-refractivity contribution >= 4 is 11.6 Å². The molecule has 2 fully saturated rings. The minimum atomic E-state index is 0.231. The van der Waals surface area contributed by atoms with Gasteiger partial charge in [-0.05, 0) is 54.2 Å². The second-order valence-electron chi connectivity index (χ2n) is 10.4. The molecule has 2 aromatic carbocycles. The van der Waals surface area contributed by atoms with Crippen molar-refractivity contribution in [3.8, 4) is 5.75 Å². The van der Waals surface area contributed by atoms with Crippen molar-refractivity contribution in [1.82, 2.24) is 9.80 Å². The average molecular weight is 464 g/mol. The highest BCUT2D eigenvalue weighted by Gasteiger charge is 2.37. The van der Waals surface area contributed by atoms with Crippen LogP contribution in [-0.4, -0.2) is 62.6 Å². The number of carbonyl (C=O) groups excluding carboxylic acids is 1. The van der Waals surface area contributed by atoms with E-state index in [2.05, 4.69) is 71.3 Å². The molecule has 0 bridgehead atoms. The fourth-order valence-corrected chi connectivity index (χ4v) is 5.86. The summed E-state index contributed by atoms with van der Waals surface area (Å²) < 4.78 is 5.54. The standard InChI is InChI=1S/C29H41N3O2/c1-22(33)32(27-10-6-5-7-11-27)20-25-19-31(18-23-13-15-26(16-14-23)30(2)3)21-29(25)24-9-8-12-28(17-24)34-4/h8-9,12-17,25,27,29H,5-7,10-11,18-21H2,1-4H3. The number of benzene rings is 2. The molecule has 1 aliphatic heterocycles. The number of hydrogen-bond acceptors (Lipinski definition) is 4. The molecule has 1 amide bonds. The van der Waals surface area contributed by atoms with Gasteiger partial charge in [-0.25, -0.2) is 0 Å². The van der Waals surface area contributed by atoms with Crippen LogP contribution in [0.25, 0.3) is 0 Å². The quantitative estimate of drug-likeness (QED) is 0.542. The van der Waals surface area contributed by atoms with E-state index in [1.54, 1.807) is 14.0 Å². The van der Waals surface area contributed by atoms with Crippen LogP contribution in [0.4, 0.5) is 5.69 Å². The number of ether oxygens (including phenoxy) is 1. The summed E-state index contributed by atoms with van der Waals surface area (Å²) in [5.41, 5.74) is 3.88. The van der Waals surface area contributed by atoms with Gasteiger partial charge in [0.2, 0.25) is 5.91 Å². The van der Waals surface area contributed by atoms with Crippen molar-refractivity contribution in [2.75, 3.05) is 45.7 Å². The number of amides is 1. The lowest BCUT2D eigenvalue weighted by Gasteiger charge is -2.36. The first-order valence-electron chi connectivity index (χ1n) is 12.8. The Morgan fingerprint density at radius 3 is 2.41 bits per heavy atom. The van der Waals surface area contributed by atoms with E-state index in [1.807, 2.05) is 6.07 Å². The number of carbonyl (C=O) groups is 1. The molecule has 2 unspecified atom stereocenters. The van der Waals surface area contributed by atoms with E-state index in [0.717, 1.165) is 44.8 Å². The second-order valence-corrected chi connectivity index (χ2v) is 10.4. The summed E-state index contributed by atoms with van der Waals surface area (Å²) in [5.74, 6) is 1.94. The molecule has 2 aromatic rings. The Labute approximate surface area is 205 Å². The van der Waals surface area contributed by atoms with Crippen molar-refractivity contribution in [1.29, 1.82) is 0 Å². The number of nitrogens with zero attached hydrogens (tertiary/aromatic N) is 3. The molecule has 1 heterocycles. The van der Waals surface area contributed by atoms with Gasteiger partial charge in [0.15, 0.2) is 0 Å². The van der Waals surface area contributed by atoms with Gasteiger partial charge < -0.3 is 14.5 Å². The summed E-state index contributed by atoms with van der Waals surface area (Å²) in [4.78, 5) is 19.6. The lowest BCUT2D eigenvalue weighted by Crippen LogP contribution is -2.44. The fraction of sp³-hybridized carbons (Fsp3) is 0.552. The van der Waals surface area contributed by atoms with Crippen LogP contribution in [0.2, 0.25) is 0 Å². The molecule has 0 aromatic heterocycles. The topological polar surface area (TPSA) is 36.0 Å². The summed E-state index contributed by atoms with van der Waals surface area (Å²) in [6, 6.07) is 17.8. The molecule has 0 N–H and O–H groups in total. The number of likely N-dealkylation sites (tertiary alicyclic amines) is 1. The molecule has 1 saturated carbocycles. The number of methoxy groups -OCH3 is 1. The predicted molar refractivity (Wildman–Crippen MR) is 140 cm³/mol. The van der Waals surface area contributed by atoms with Crippen LogP contribution in [0.3, 0.4) is 0 Å². The van der Waals surface area contributed by atoms with Gasteiger partial charge in [0.25, 0.3) is 0 Å². The van der Waals surface area contributed by atoms with Gasteiger partial charge in [-0.1, -0.05) is 43.5 Å². The molecular weight excluding hydrogens is 422 g/mol. The van der Waals surface area contributed by atoms with Crippen LogP contribution in [0.5, 0.6) is 5.75 Å². The van der Waals surface area contributed by atoms with Crippen LogP contribution < -0.4 is 9.64 Å². The molecule has 2 atom stereocenters. The summed E-state index contributed by atoms with van der Waals surface area (Å²) >= 11 is 0. The van der Waals surface area contributed by atoms with Crippen molar-refractivity contribution < 1.29 is 9.53 Å². The van der Waals surface area contributed by atoms with E-state index in [0.29, 0.717) is 17.9 Å². The highest BCUT2D eigenvalue weighted by atomic mass is 16.5. The molecule has 1 saturated heterocycles. The number of rotatable bonds is 8. The molecule has 0 radical (unpaired) electrons. The minimum Gasteiger partial charge on any atom is -0.497 e. The van der Waals surface area contributed by atoms with Gasteiger partial charge in [0.05, 0.1) is 7.11 Å². The first-order valence-corrected chi connectivity index (χ1v) is 12.8. The zero-order chi connectivity index (χ0) is 24.1. The average Bonchev–Trinajstić information content (AvgIpc) is 3.25. The van der Waals surface area contributed by atoms with Crippen molar-refractivity contribution in [2.24, 2.45) is 5.92 Å². The van der Waals surface area contributed by atoms with E-state index >= 15 is 0 Å². The highest BCUT2D eigenvalue weighted by molar-refractivity contribution is 5.73. The first kappa shape index (κ1) is 24.6. The Bertz CT molecular complexity index is 937. The maximum Gasteiger partial charge on any atom is 0.219 e. The zero-order valence-corrected chi connectivity index (χ0v) is 21.4. The summed E-state index contributed by atoms with van der Waals surface area (Å²) in [5, 5.41) is 0. The van der Waals surface area contributed by atoms with Gasteiger partial charge in [0.1, 0.15) is 5.75 Å². The molecule has 34 heavy (non-hydrogen) atoms. The van der Waals surface area contributed by atoms with Crippen LogP contribution in [0.15, 0.2) is 48.5 Å².